The minimum Gasteiger partial charge on any atom is -0.389 e. The van der Waals surface area contributed by atoms with E-state index in [0.29, 0.717) is 13.0 Å². The maximum absolute atomic E-state index is 13.0. The first kappa shape index (κ1) is 18.6. The summed E-state index contributed by atoms with van der Waals surface area (Å²) in [5, 5.41) is 14.0. The second-order valence-corrected chi connectivity index (χ2v) is 7.44. The van der Waals surface area contributed by atoms with Crippen LogP contribution in [0, 0.1) is 0 Å². The van der Waals surface area contributed by atoms with Gasteiger partial charge in [-0.15, -0.1) is 0 Å². The molecule has 2 aromatic rings. The molecule has 3 atom stereocenters. The van der Waals surface area contributed by atoms with Crippen LogP contribution in [0.3, 0.4) is 0 Å². The molecule has 1 fully saturated rings. The Morgan fingerprint density at radius 3 is 2.19 bits per heavy atom. The summed E-state index contributed by atoms with van der Waals surface area (Å²) in [6, 6.07) is 18.4. The minimum atomic E-state index is -0.956. The van der Waals surface area contributed by atoms with Crippen molar-refractivity contribution in [2.75, 3.05) is 0 Å². The second kappa shape index (κ2) is 7.58. The number of amides is 1. The van der Waals surface area contributed by atoms with Crippen LogP contribution in [0.5, 0.6) is 0 Å². The SMILES string of the molecule is CC1(C)NC(C(O)[C@@H](N)Cc2ccccc2)C(=O)N1Cc1ccccc1. The van der Waals surface area contributed by atoms with E-state index in [1.165, 1.54) is 0 Å². The molecule has 2 aromatic carbocycles. The van der Waals surface area contributed by atoms with Crippen molar-refractivity contribution in [1.29, 1.82) is 0 Å². The normalized spacial score (nSPS) is 21.6. The molecule has 26 heavy (non-hydrogen) atoms. The zero-order valence-corrected chi connectivity index (χ0v) is 15.3. The molecule has 0 aliphatic carbocycles. The van der Waals surface area contributed by atoms with Crippen LogP contribution >= 0.6 is 0 Å². The Bertz CT molecular complexity index is 733. The quantitative estimate of drug-likeness (QED) is 0.738. The highest BCUT2D eigenvalue weighted by atomic mass is 16.3. The van der Waals surface area contributed by atoms with Gasteiger partial charge < -0.3 is 15.7 Å². The van der Waals surface area contributed by atoms with Crippen LogP contribution in [0.1, 0.15) is 25.0 Å². The van der Waals surface area contributed by atoms with E-state index in [2.05, 4.69) is 5.32 Å². The Kier molecular flexibility index (Phi) is 5.41. The summed E-state index contributed by atoms with van der Waals surface area (Å²) in [6.45, 7) is 4.39. The maximum Gasteiger partial charge on any atom is 0.244 e. The maximum atomic E-state index is 13.0. The van der Waals surface area contributed by atoms with E-state index in [4.69, 9.17) is 5.73 Å². The molecule has 1 aliphatic rings. The van der Waals surface area contributed by atoms with Crippen LogP contribution in [0.25, 0.3) is 0 Å². The third-order valence-corrected chi connectivity index (χ3v) is 4.99. The predicted molar refractivity (Wildman–Crippen MR) is 102 cm³/mol. The van der Waals surface area contributed by atoms with Crippen molar-refractivity contribution in [3.63, 3.8) is 0 Å². The first-order valence-electron chi connectivity index (χ1n) is 8.99. The first-order valence-corrected chi connectivity index (χ1v) is 8.99. The van der Waals surface area contributed by atoms with Crippen molar-refractivity contribution in [3.05, 3.63) is 71.8 Å². The van der Waals surface area contributed by atoms with Gasteiger partial charge in [0.15, 0.2) is 0 Å². The van der Waals surface area contributed by atoms with Gasteiger partial charge in [0, 0.05) is 12.6 Å². The molecule has 1 saturated heterocycles. The van der Waals surface area contributed by atoms with E-state index in [9.17, 15) is 9.90 Å². The summed E-state index contributed by atoms with van der Waals surface area (Å²) in [5.74, 6) is -0.116. The molecule has 0 aromatic heterocycles. The molecule has 0 saturated carbocycles. The Balaban J connectivity index is 1.71. The molecule has 5 heteroatoms. The van der Waals surface area contributed by atoms with Gasteiger partial charge in [0.05, 0.1) is 11.8 Å². The lowest BCUT2D eigenvalue weighted by atomic mass is 9.97. The topological polar surface area (TPSA) is 78.6 Å². The van der Waals surface area contributed by atoms with Crippen molar-refractivity contribution >= 4 is 5.91 Å². The Morgan fingerprint density at radius 2 is 1.62 bits per heavy atom. The highest BCUT2D eigenvalue weighted by molar-refractivity contribution is 5.85. The number of benzene rings is 2. The molecule has 5 nitrogen and oxygen atoms in total. The number of hydrogen-bond donors (Lipinski definition) is 3. The van der Waals surface area contributed by atoms with E-state index >= 15 is 0 Å². The molecule has 0 radical (unpaired) electrons. The minimum absolute atomic E-state index is 0.116. The third kappa shape index (κ3) is 3.96. The van der Waals surface area contributed by atoms with Crippen LogP contribution in [-0.2, 0) is 17.8 Å². The number of nitrogens with zero attached hydrogens (tertiary/aromatic N) is 1. The Hall–Kier alpha value is -2.21. The fourth-order valence-electron chi connectivity index (χ4n) is 3.49. The summed E-state index contributed by atoms with van der Waals surface area (Å²) in [5.41, 5.74) is 7.77. The van der Waals surface area contributed by atoms with Gasteiger partial charge in [0.2, 0.25) is 5.91 Å². The number of hydrogen-bond acceptors (Lipinski definition) is 4. The first-order chi connectivity index (χ1) is 12.4. The molecule has 0 bridgehead atoms. The number of aliphatic hydroxyl groups excluding tert-OH is 1. The second-order valence-electron chi connectivity index (χ2n) is 7.44. The Morgan fingerprint density at radius 1 is 1.08 bits per heavy atom. The van der Waals surface area contributed by atoms with Gasteiger partial charge in [-0.05, 0) is 31.4 Å². The third-order valence-electron chi connectivity index (χ3n) is 4.99. The molecule has 3 rings (SSSR count). The van der Waals surface area contributed by atoms with Gasteiger partial charge in [-0.1, -0.05) is 60.7 Å². The molecule has 0 spiro atoms. The summed E-state index contributed by atoms with van der Waals surface area (Å²) >= 11 is 0. The molecule has 2 unspecified atom stereocenters. The predicted octanol–water partition coefficient (Wildman–Crippen LogP) is 1.65. The average molecular weight is 353 g/mol. The van der Waals surface area contributed by atoms with E-state index < -0.39 is 23.9 Å². The standard InChI is InChI=1S/C21H27N3O2/c1-21(2)23-18(19(25)17(22)13-15-9-5-3-6-10-15)20(26)24(21)14-16-11-7-4-8-12-16/h3-12,17-19,23,25H,13-14,22H2,1-2H3/t17-,18?,19?/m0/s1. The van der Waals surface area contributed by atoms with E-state index in [1.807, 2.05) is 74.5 Å². The molecular formula is C21H27N3O2. The number of carbonyl (C=O) groups excluding carboxylic acids is 1. The summed E-state index contributed by atoms with van der Waals surface area (Å²) in [7, 11) is 0. The molecule has 1 amide bonds. The largest absolute Gasteiger partial charge is 0.389 e. The number of rotatable bonds is 6. The zero-order chi connectivity index (χ0) is 18.7. The van der Waals surface area contributed by atoms with E-state index in [-0.39, 0.29) is 5.91 Å². The van der Waals surface area contributed by atoms with Gasteiger partial charge in [-0.25, -0.2) is 0 Å². The van der Waals surface area contributed by atoms with Crippen LogP contribution in [0.4, 0.5) is 0 Å². The van der Waals surface area contributed by atoms with Crippen LogP contribution < -0.4 is 11.1 Å². The van der Waals surface area contributed by atoms with Gasteiger partial charge in [-0.2, -0.15) is 0 Å². The molecule has 4 N–H and O–H groups in total. The van der Waals surface area contributed by atoms with Crippen LogP contribution in [-0.4, -0.2) is 39.8 Å². The molecule has 1 heterocycles. The summed E-state index contributed by atoms with van der Waals surface area (Å²) < 4.78 is 0. The van der Waals surface area contributed by atoms with Gasteiger partial charge in [-0.3, -0.25) is 10.1 Å². The smallest absolute Gasteiger partial charge is 0.244 e. The number of nitrogens with two attached hydrogens (primary N) is 1. The number of aliphatic hydroxyl groups is 1. The summed E-state index contributed by atoms with van der Waals surface area (Å²) in [4.78, 5) is 14.7. The lowest BCUT2D eigenvalue weighted by Crippen LogP contribution is -2.53. The number of nitrogens with one attached hydrogen (secondary N) is 1. The van der Waals surface area contributed by atoms with Crippen molar-refractivity contribution in [3.8, 4) is 0 Å². The highest BCUT2D eigenvalue weighted by Gasteiger charge is 2.48. The molecule has 1 aliphatic heterocycles. The lowest BCUT2D eigenvalue weighted by Gasteiger charge is -2.31. The van der Waals surface area contributed by atoms with Crippen molar-refractivity contribution < 1.29 is 9.90 Å². The van der Waals surface area contributed by atoms with Gasteiger partial charge in [0.25, 0.3) is 0 Å². The van der Waals surface area contributed by atoms with Crippen molar-refractivity contribution in [2.24, 2.45) is 5.73 Å². The van der Waals surface area contributed by atoms with Gasteiger partial charge >= 0.3 is 0 Å². The highest BCUT2D eigenvalue weighted by Crippen LogP contribution is 2.26. The van der Waals surface area contributed by atoms with E-state index in [0.717, 1.165) is 11.1 Å². The van der Waals surface area contributed by atoms with E-state index in [1.54, 1.807) is 4.90 Å². The monoisotopic (exact) mass is 353 g/mol. The van der Waals surface area contributed by atoms with Crippen molar-refractivity contribution in [2.45, 2.75) is 50.7 Å². The Labute approximate surface area is 154 Å². The molecular weight excluding hydrogens is 326 g/mol. The van der Waals surface area contributed by atoms with Crippen LogP contribution in [0.15, 0.2) is 60.7 Å². The summed E-state index contributed by atoms with van der Waals surface area (Å²) in [6.07, 6.45) is -0.435. The fraction of sp³-hybridized carbons (Fsp3) is 0.381. The van der Waals surface area contributed by atoms with Gasteiger partial charge in [0.1, 0.15) is 6.04 Å². The zero-order valence-electron chi connectivity index (χ0n) is 15.3. The van der Waals surface area contributed by atoms with Crippen molar-refractivity contribution in [1.82, 2.24) is 10.2 Å². The fourth-order valence-corrected chi connectivity index (χ4v) is 3.49. The number of carbonyl (C=O) groups is 1. The average Bonchev–Trinajstić information content (AvgIpc) is 2.86. The lowest BCUT2D eigenvalue weighted by molar-refractivity contribution is -0.134. The molecule has 138 valence electrons. The van der Waals surface area contributed by atoms with Crippen LogP contribution in [0.2, 0.25) is 0 Å².